The van der Waals surface area contributed by atoms with Crippen LogP contribution in [0.2, 0.25) is 5.02 Å². The summed E-state index contributed by atoms with van der Waals surface area (Å²) < 4.78 is 13.2. The summed E-state index contributed by atoms with van der Waals surface area (Å²) in [6, 6.07) is 13.6. The zero-order valence-corrected chi connectivity index (χ0v) is 15.0. The lowest BCUT2D eigenvalue weighted by atomic mass is 10.1. The van der Waals surface area contributed by atoms with Gasteiger partial charge in [0.05, 0.1) is 0 Å². The van der Waals surface area contributed by atoms with Gasteiger partial charge in [-0.1, -0.05) is 23.7 Å². The Morgan fingerprint density at radius 3 is 2.56 bits per heavy atom. The lowest BCUT2D eigenvalue weighted by molar-refractivity contribution is 0.102. The molecule has 0 fully saturated rings. The molecule has 0 spiro atoms. The van der Waals surface area contributed by atoms with Crippen molar-refractivity contribution >= 4 is 34.8 Å². The molecule has 2 aromatic carbocycles. The summed E-state index contributed by atoms with van der Waals surface area (Å²) in [5.41, 5.74) is 1.91. The molecular weight excluding hydrogens is 369 g/mol. The van der Waals surface area contributed by atoms with Gasteiger partial charge in [0.15, 0.2) is 0 Å². The van der Waals surface area contributed by atoms with Crippen molar-refractivity contribution in [3.05, 3.63) is 88.5 Å². The van der Waals surface area contributed by atoms with E-state index in [1.165, 1.54) is 36.5 Å². The first-order chi connectivity index (χ1) is 12.9. The van der Waals surface area contributed by atoms with Gasteiger partial charge < -0.3 is 10.6 Å². The van der Waals surface area contributed by atoms with Crippen LogP contribution in [0.15, 0.2) is 60.8 Å². The van der Waals surface area contributed by atoms with Gasteiger partial charge in [-0.25, -0.2) is 4.39 Å². The van der Waals surface area contributed by atoms with Crippen LogP contribution in [0, 0.1) is 12.7 Å². The molecule has 0 radical (unpaired) electrons. The second kappa shape index (κ2) is 7.97. The van der Waals surface area contributed by atoms with E-state index in [0.29, 0.717) is 16.4 Å². The fourth-order valence-electron chi connectivity index (χ4n) is 2.39. The molecule has 136 valence electrons. The topological polar surface area (TPSA) is 71.1 Å². The number of pyridine rings is 1. The average Bonchev–Trinajstić information content (AvgIpc) is 2.65. The third kappa shape index (κ3) is 4.48. The summed E-state index contributed by atoms with van der Waals surface area (Å²) in [4.78, 5) is 28.8. The molecule has 0 saturated heterocycles. The van der Waals surface area contributed by atoms with Crippen LogP contribution in [-0.4, -0.2) is 16.8 Å². The number of hydrogen-bond acceptors (Lipinski definition) is 3. The molecule has 1 aromatic heterocycles. The first-order valence-electron chi connectivity index (χ1n) is 8.03. The van der Waals surface area contributed by atoms with E-state index >= 15 is 0 Å². The Balaban J connectivity index is 1.77. The van der Waals surface area contributed by atoms with Crippen molar-refractivity contribution in [3.8, 4) is 0 Å². The Morgan fingerprint density at radius 2 is 1.78 bits per heavy atom. The number of carbonyl (C=O) groups excluding carboxylic acids is 2. The molecule has 0 bridgehead atoms. The fourth-order valence-corrected chi connectivity index (χ4v) is 2.57. The summed E-state index contributed by atoms with van der Waals surface area (Å²) in [7, 11) is 0. The average molecular weight is 384 g/mol. The van der Waals surface area contributed by atoms with Crippen molar-refractivity contribution in [2.45, 2.75) is 6.92 Å². The highest BCUT2D eigenvalue weighted by atomic mass is 35.5. The van der Waals surface area contributed by atoms with Gasteiger partial charge in [-0.2, -0.15) is 0 Å². The van der Waals surface area contributed by atoms with Crippen LogP contribution >= 0.6 is 11.6 Å². The van der Waals surface area contributed by atoms with Crippen LogP contribution in [-0.2, 0) is 0 Å². The predicted molar refractivity (Wildman–Crippen MR) is 103 cm³/mol. The molecule has 2 N–H and O–H groups in total. The Hall–Kier alpha value is -3.25. The minimum absolute atomic E-state index is 0.0368. The van der Waals surface area contributed by atoms with Crippen molar-refractivity contribution in [2.24, 2.45) is 0 Å². The van der Waals surface area contributed by atoms with Gasteiger partial charge in [0.1, 0.15) is 11.5 Å². The molecular formula is C20H15ClFN3O2. The molecule has 0 unspecified atom stereocenters. The van der Waals surface area contributed by atoms with Crippen LogP contribution in [0.1, 0.15) is 26.4 Å². The van der Waals surface area contributed by atoms with Crippen molar-refractivity contribution in [1.29, 1.82) is 0 Å². The Morgan fingerprint density at radius 1 is 1.00 bits per heavy atom. The number of halogens is 2. The van der Waals surface area contributed by atoms with E-state index in [2.05, 4.69) is 15.6 Å². The highest BCUT2D eigenvalue weighted by molar-refractivity contribution is 6.31. The van der Waals surface area contributed by atoms with Gasteiger partial charge in [0.25, 0.3) is 11.8 Å². The highest BCUT2D eigenvalue weighted by Gasteiger charge is 2.14. The maximum Gasteiger partial charge on any atom is 0.274 e. The van der Waals surface area contributed by atoms with Gasteiger partial charge in [0.2, 0.25) is 0 Å². The summed E-state index contributed by atoms with van der Waals surface area (Å²) in [6.07, 6.45) is 1.36. The standard InChI is InChI=1S/C20H15ClFN3O2/c1-12-16(21)6-3-7-17(12)25-19(26)13-8-9-23-18(10-13)20(27)24-15-5-2-4-14(22)11-15/h2-11H,1H3,(H,24,27)(H,25,26). The van der Waals surface area contributed by atoms with Crippen LogP contribution in [0.5, 0.6) is 0 Å². The zero-order chi connectivity index (χ0) is 19.4. The second-order valence-electron chi connectivity index (χ2n) is 5.76. The van der Waals surface area contributed by atoms with Gasteiger partial charge in [-0.05, 0) is 55.0 Å². The van der Waals surface area contributed by atoms with Crippen molar-refractivity contribution < 1.29 is 14.0 Å². The number of anilines is 2. The van der Waals surface area contributed by atoms with E-state index in [1.54, 1.807) is 31.2 Å². The molecule has 1 heterocycles. The van der Waals surface area contributed by atoms with Crippen LogP contribution < -0.4 is 10.6 Å². The number of carbonyl (C=O) groups is 2. The van der Waals surface area contributed by atoms with E-state index in [9.17, 15) is 14.0 Å². The molecule has 3 rings (SSSR count). The number of nitrogens with zero attached hydrogens (tertiary/aromatic N) is 1. The van der Waals surface area contributed by atoms with Crippen LogP contribution in [0.25, 0.3) is 0 Å². The summed E-state index contributed by atoms with van der Waals surface area (Å²) >= 11 is 6.06. The third-order valence-electron chi connectivity index (χ3n) is 3.85. The first-order valence-corrected chi connectivity index (χ1v) is 8.41. The third-order valence-corrected chi connectivity index (χ3v) is 4.26. The van der Waals surface area contributed by atoms with Crippen molar-refractivity contribution in [1.82, 2.24) is 4.98 Å². The minimum atomic E-state index is -0.547. The first kappa shape index (κ1) is 18.5. The highest BCUT2D eigenvalue weighted by Crippen LogP contribution is 2.23. The van der Waals surface area contributed by atoms with Gasteiger partial charge >= 0.3 is 0 Å². The van der Waals surface area contributed by atoms with E-state index in [0.717, 1.165) is 5.56 Å². The summed E-state index contributed by atoms with van der Waals surface area (Å²) in [6.45, 7) is 1.79. The van der Waals surface area contributed by atoms with Gasteiger partial charge in [-0.15, -0.1) is 0 Å². The quantitative estimate of drug-likeness (QED) is 0.686. The predicted octanol–water partition coefficient (Wildman–Crippen LogP) is 4.69. The lowest BCUT2D eigenvalue weighted by Crippen LogP contribution is -2.17. The number of aromatic nitrogens is 1. The number of nitrogens with one attached hydrogen (secondary N) is 2. The molecule has 0 aliphatic carbocycles. The largest absolute Gasteiger partial charge is 0.322 e. The molecule has 27 heavy (non-hydrogen) atoms. The van der Waals surface area contributed by atoms with Crippen molar-refractivity contribution in [3.63, 3.8) is 0 Å². The monoisotopic (exact) mass is 383 g/mol. The Labute approximate surface area is 160 Å². The number of amides is 2. The van der Waals surface area contributed by atoms with Crippen LogP contribution in [0.3, 0.4) is 0 Å². The molecule has 2 amide bonds. The summed E-state index contributed by atoms with van der Waals surface area (Å²) in [5, 5.41) is 5.84. The number of rotatable bonds is 4. The number of hydrogen-bond donors (Lipinski definition) is 2. The van der Waals surface area contributed by atoms with Gasteiger partial charge in [0, 0.05) is 28.2 Å². The van der Waals surface area contributed by atoms with E-state index < -0.39 is 17.6 Å². The fraction of sp³-hybridized carbons (Fsp3) is 0.0500. The van der Waals surface area contributed by atoms with Crippen LogP contribution in [0.4, 0.5) is 15.8 Å². The molecule has 0 atom stereocenters. The molecule has 7 heteroatoms. The van der Waals surface area contributed by atoms with Crippen molar-refractivity contribution in [2.75, 3.05) is 10.6 Å². The van der Waals surface area contributed by atoms with E-state index in [1.807, 2.05) is 0 Å². The molecule has 3 aromatic rings. The number of benzene rings is 2. The Kier molecular flexibility index (Phi) is 5.47. The summed E-state index contributed by atoms with van der Waals surface area (Å²) in [5.74, 6) is -1.41. The zero-order valence-electron chi connectivity index (χ0n) is 14.3. The van der Waals surface area contributed by atoms with E-state index in [4.69, 9.17) is 11.6 Å². The lowest BCUT2D eigenvalue weighted by Gasteiger charge is -2.10. The molecule has 0 aliphatic heterocycles. The molecule has 5 nitrogen and oxygen atoms in total. The Bertz CT molecular complexity index is 1020. The maximum atomic E-state index is 13.2. The normalized spacial score (nSPS) is 10.3. The van der Waals surface area contributed by atoms with Gasteiger partial charge in [-0.3, -0.25) is 14.6 Å². The smallest absolute Gasteiger partial charge is 0.274 e. The molecule has 0 saturated carbocycles. The second-order valence-corrected chi connectivity index (χ2v) is 6.17. The minimum Gasteiger partial charge on any atom is -0.322 e. The molecule has 0 aliphatic rings. The maximum absolute atomic E-state index is 13.2. The SMILES string of the molecule is Cc1c(Cl)cccc1NC(=O)c1ccnc(C(=O)Nc2cccc(F)c2)c1. The van der Waals surface area contributed by atoms with E-state index in [-0.39, 0.29) is 11.3 Å².